The molecular weight excluding hydrogens is 206 g/mol. The Morgan fingerprint density at radius 1 is 1.47 bits per heavy atom. The van der Waals surface area contributed by atoms with Crippen LogP contribution < -0.4 is 5.32 Å². The van der Waals surface area contributed by atoms with E-state index in [1.54, 1.807) is 11.3 Å². The summed E-state index contributed by atoms with van der Waals surface area (Å²) >= 11 is 1.75. The van der Waals surface area contributed by atoms with Crippen molar-refractivity contribution in [3.63, 3.8) is 0 Å². The molecule has 0 aromatic carbocycles. The van der Waals surface area contributed by atoms with Crippen molar-refractivity contribution in [3.8, 4) is 0 Å². The number of aromatic nitrogens is 2. The normalized spacial score (nSPS) is 10.7. The van der Waals surface area contributed by atoms with Crippen molar-refractivity contribution < 1.29 is 0 Å². The van der Waals surface area contributed by atoms with Gasteiger partial charge in [0.1, 0.15) is 0 Å². The van der Waals surface area contributed by atoms with Crippen molar-refractivity contribution in [3.05, 3.63) is 40.3 Å². The molecule has 0 amide bonds. The Labute approximate surface area is 93.7 Å². The summed E-state index contributed by atoms with van der Waals surface area (Å²) in [4.78, 5) is 0. The molecule has 4 heteroatoms. The van der Waals surface area contributed by atoms with Crippen LogP contribution in [0.5, 0.6) is 0 Å². The molecule has 0 unspecified atom stereocenters. The van der Waals surface area contributed by atoms with Crippen molar-refractivity contribution in [1.29, 1.82) is 0 Å². The van der Waals surface area contributed by atoms with Gasteiger partial charge in [0.2, 0.25) is 0 Å². The first kappa shape index (κ1) is 10.4. The molecule has 3 nitrogen and oxygen atoms in total. The van der Waals surface area contributed by atoms with Crippen LogP contribution in [0.2, 0.25) is 0 Å². The molecule has 0 aliphatic rings. The molecule has 0 atom stereocenters. The van der Waals surface area contributed by atoms with Crippen molar-refractivity contribution in [2.75, 3.05) is 7.05 Å². The van der Waals surface area contributed by atoms with Crippen LogP contribution in [0, 0.1) is 0 Å². The first-order valence-electron chi connectivity index (χ1n) is 5.06. The molecule has 0 saturated carbocycles. The Balaban J connectivity index is 1.88. The van der Waals surface area contributed by atoms with Crippen molar-refractivity contribution in [2.45, 2.75) is 19.5 Å². The van der Waals surface area contributed by atoms with Crippen LogP contribution >= 0.6 is 11.3 Å². The van der Waals surface area contributed by atoms with E-state index in [1.165, 1.54) is 5.56 Å². The largest absolute Gasteiger partial charge is 0.314 e. The number of aryl methyl sites for hydroxylation is 2. The zero-order valence-electron chi connectivity index (χ0n) is 8.81. The molecule has 2 aromatic heterocycles. The van der Waals surface area contributed by atoms with E-state index in [2.05, 4.69) is 33.3 Å². The van der Waals surface area contributed by atoms with Crippen LogP contribution in [0.1, 0.15) is 11.3 Å². The second kappa shape index (κ2) is 5.09. The van der Waals surface area contributed by atoms with Gasteiger partial charge in [-0.05, 0) is 41.9 Å². The minimum Gasteiger partial charge on any atom is -0.314 e. The summed E-state index contributed by atoms with van der Waals surface area (Å²) < 4.78 is 2.00. The standard InChI is InChI=1S/C11H15N3S/c1-12-8-11-3-6-14(13-11)5-2-10-4-7-15-9-10/h3-4,6-7,9,12H,2,5,8H2,1H3. The lowest BCUT2D eigenvalue weighted by atomic mass is 10.2. The fourth-order valence-corrected chi connectivity index (χ4v) is 2.19. The van der Waals surface area contributed by atoms with E-state index in [9.17, 15) is 0 Å². The first-order valence-corrected chi connectivity index (χ1v) is 6.01. The molecule has 0 aliphatic heterocycles. The summed E-state index contributed by atoms with van der Waals surface area (Å²) in [5, 5.41) is 11.9. The van der Waals surface area contributed by atoms with Crippen molar-refractivity contribution in [2.24, 2.45) is 0 Å². The fraction of sp³-hybridized carbons (Fsp3) is 0.364. The van der Waals surface area contributed by atoms with E-state index in [4.69, 9.17) is 0 Å². The first-order chi connectivity index (χ1) is 7.38. The molecule has 15 heavy (non-hydrogen) atoms. The van der Waals surface area contributed by atoms with Gasteiger partial charge in [0.05, 0.1) is 5.69 Å². The van der Waals surface area contributed by atoms with Gasteiger partial charge < -0.3 is 5.32 Å². The summed E-state index contributed by atoms with van der Waals surface area (Å²) in [6.45, 7) is 1.80. The van der Waals surface area contributed by atoms with Gasteiger partial charge in [-0.15, -0.1) is 0 Å². The quantitative estimate of drug-likeness (QED) is 0.836. The highest BCUT2D eigenvalue weighted by Crippen LogP contribution is 2.07. The highest BCUT2D eigenvalue weighted by Gasteiger charge is 1.98. The third kappa shape index (κ3) is 2.91. The van der Waals surface area contributed by atoms with Crippen LogP contribution in [0.25, 0.3) is 0 Å². The van der Waals surface area contributed by atoms with E-state index < -0.39 is 0 Å². The maximum Gasteiger partial charge on any atom is 0.0762 e. The number of hydrogen-bond donors (Lipinski definition) is 1. The molecule has 0 fully saturated rings. The Morgan fingerprint density at radius 2 is 2.40 bits per heavy atom. The van der Waals surface area contributed by atoms with E-state index >= 15 is 0 Å². The maximum atomic E-state index is 4.46. The van der Waals surface area contributed by atoms with Gasteiger partial charge in [-0.1, -0.05) is 0 Å². The second-order valence-electron chi connectivity index (χ2n) is 3.48. The molecule has 2 aromatic rings. The Hall–Kier alpha value is -1.13. The minimum absolute atomic E-state index is 0.839. The topological polar surface area (TPSA) is 29.9 Å². The third-order valence-corrected chi connectivity index (χ3v) is 3.00. The summed E-state index contributed by atoms with van der Waals surface area (Å²) in [5.74, 6) is 0. The predicted octanol–water partition coefficient (Wildman–Crippen LogP) is 1.91. The monoisotopic (exact) mass is 221 g/mol. The van der Waals surface area contributed by atoms with Crippen LogP contribution in [-0.2, 0) is 19.5 Å². The fourth-order valence-electron chi connectivity index (χ4n) is 1.48. The summed E-state index contributed by atoms with van der Waals surface area (Å²) in [6.07, 6.45) is 3.10. The maximum absolute atomic E-state index is 4.46. The van der Waals surface area contributed by atoms with Crippen LogP contribution in [0.3, 0.4) is 0 Å². The smallest absolute Gasteiger partial charge is 0.0762 e. The predicted molar refractivity (Wildman–Crippen MR) is 63.0 cm³/mol. The number of rotatable bonds is 5. The highest BCUT2D eigenvalue weighted by molar-refractivity contribution is 7.07. The molecule has 0 aliphatic carbocycles. The summed E-state index contributed by atoms with van der Waals surface area (Å²) in [6, 6.07) is 4.23. The Kier molecular flexibility index (Phi) is 3.53. The van der Waals surface area contributed by atoms with Crippen molar-refractivity contribution in [1.82, 2.24) is 15.1 Å². The van der Waals surface area contributed by atoms with Gasteiger partial charge in [-0.3, -0.25) is 4.68 Å². The van der Waals surface area contributed by atoms with Crippen LogP contribution in [0.4, 0.5) is 0 Å². The molecule has 2 heterocycles. The highest BCUT2D eigenvalue weighted by atomic mass is 32.1. The van der Waals surface area contributed by atoms with Gasteiger partial charge in [0, 0.05) is 19.3 Å². The lowest BCUT2D eigenvalue weighted by Crippen LogP contribution is -2.07. The zero-order chi connectivity index (χ0) is 10.5. The zero-order valence-corrected chi connectivity index (χ0v) is 9.63. The van der Waals surface area contributed by atoms with E-state index in [-0.39, 0.29) is 0 Å². The average molecular weight is 221 g/mol. The Morgan fingerprint density at radius 3 is 3.13 bits per heavy atom. The van der Waals surface area contributed by atoms with E-state index in [0.717, 1.165) is 25.2 Å². The third-order valence-electron chi connectivity index (χ3n) is 2.26. The molecule has 0 spiro atoms. The van der Waals surface area contributed by atoms with Gasteiger partial charge in [-0.25, -0.2) is 0 Å². The number of nitrogens with zero attached hydrogens (tertiary/aromatic N) is 2. The number of nitrogens with one attached hydrogen (secondary N) is 1. The van der Waals surface area contributed by atoms with Gasteiger partial charge in [-0.2, -0.15) is 16.4 Å². The minimum atomic E-state index is 0.839. The number of hydrogen-bond acceptors (Lipinski definition) is 3. The molecule has 0 saturated heterocycles. The van der Waals surface area contributed by atoms with Crippen LogP contribution in [0.15, 0.2) is 29.1 Å². The van der Waals surface area contributed by atoms with Crippen molar-refractivity contribution >= 4 is 11.3 Å². The molecule has 0 bridgehead atoms. The van der Waals surface area contributed by atoms with Crippen LogP contribution in [-0.4, -0.2) is 16.8 Å². The molecule has 0 radical (unpaired) electrons. The SMILES string of the molecule is CNCc1ccn(CCc2ccsc2)n1. The molecule has 1 N–H and O–H groups in total. The molecule has 2 rings (SSSR count). The lowest BCUT2D eigenvalue weighted by Gasteiger charge is -1.99. The second-order valence-corrected chi connectivity index (χ2v) is 4.26. The lowest BCUT2D eigenvalue weighted by molar-refractivity contribution is 0.600. The number of thiophene rings is 1. The van der Waals surface area contributed by atoms with Gasteiger partial charge in [0.15, 0.2) is 0 Å². The van der Waals surface area contributed by atoms with E-state index in [1.807, 2.05) is 17.9 Å². The summed E-state index contributed by atoms with van der Waals surface area (Å²) in [7, 11) is 1.93. The van der Waals surface area contributed by atoms with E-state index in [0.29, 0.717) is 0 Å². The summed E-state index contributed by atoms with van der Waals surface area (Å²) in [5.41, 5.74) is 2.49. The average Bonchev–Trinajstić information content (AvgIpc) is 2.85. The molecular formula is C11H15N3S. The van der Waals surface area contributed by atoms with Gasteiger partial charge in [0.25, 0.3) is 0 Å². The Bertz CT molecular complexity index is 392. The van der Waals surface area contributed by atoms with Gasteiger partial charge >= 0.3 is 0 Å². The molecule has 80 valence electrons.